The molecule has 1 aliphatic carbocycles. The molecule has 8 heteroatoms. The first kappa shape index (κ1) is 20.2. The number of aromatic amines is 1. The minimum absolute atomic E-state index is 0.0723. The molecule has 0 bridgehead atoms. The standard InChI is InChI=1S/C15H18F2O2.C6H4ClN3/c1-15(2)18-13-6-4-10(14(13)19-15)7-9-3-5-11(16)12(17)8-9;7-5-4-1-2-8-6(4)10-3-9-5/h3,5,8,10,13-14H,4,6-7H2,1-2H3;1-3H,(H,8,9,10). The number of nitrogens with one attached hydrogen (secondary N) is 1. The van der Waals surface area contributed by atoms with Gasteiger partial charge >= 0.3 is 0 Å². The van der Waals surface area contributed by atoms with Crippen LogP contribution in [-0.2, 0) is 15.9 Å². The van der Waals surface area contributed by atoms with Crippen molar-refractivity contribution in [1.29, 1.82) is 0 Å². The molecule has 5 nitrogen and oxygen atoms in total. The molecule has 0 amide bonds. The molecular weight excluding hydrogens is 400 g/mol. The van der Waals surface area contributed by atoms with Gasteiger partial charge in [0.1, 0.15) is 17.1 Å². The van der Waals surface area contributed by atoms with Crippen molar-refractivity contribution in [3.05, 3.63) is 59.1 Å². The highest BCUT2D eigenvalue weighted by atomic mass is 35.5. The molecule has 2 fully saturated rings. The zero-order chi connectivity index (χ0) is 20.6. The van der Waals surface area contributed by atoms with Crippen molar-refractivity contribution in [2.75, 3.05) is 0 Å². The molecule has 3 unspecified atom stereocenters. The molecule has 1 aromatic carbocycles. The van der Waals surface area contributed by atoms with Gasteiger partial charge in [0.2, 0.25) is 0 Å². The molecule has 1 saturated carbocycles. The lowest BCUT2D eigenvalue weighted by molar-refractivity contribution is -0.156. The van der Waals surface area contributed by atoms with Gasteiger partial charge in [-0.05, 0) is 62.8 Å². The number of nitrogens with zero attached hydrogens (tertiary/aromatic N) is 2. The van der Waals surface area contributed by atoms with E-state index < -0.39 is 17.4 Å². The molecular formula is C21H22ClF2N3O2. The monoisotopic (exact) mass is 421 g/mol. The third kappa shape index (κ3) is 4.42. The van der Waals surface area contributed by atoms with E-state index in [4.69, 9.17) is 21.1 Å². The van der Waals surface area contributed by atoms with E-state index in [1.165, 1.54) is 18.5 Å². The van der Waals surface area contributed by atoms with E-state index in [1.807, 2.05) is 19.9 Å². The van der Waals surface area contributed by atoms with Gasteiger partial charge in [-0.15, -0.1) is 0 Å². The van der Waals surface area contributed by atoms with Crippen molar-refractivity contribution < 1.29 is 18.3 Å². The summed E-state index contributed by atoms with van der Waals surface area (Å²) in [5, 5.41) is 1.36. The number of aromatic nitrogens is 3. The van der Waals surface area contributed by atoms with Crippen molar-refractivity contribution in [2.24, 2.45) is 5.92 Å². The summed E-state index contributed by atoms with van der Waals surface area (Å²) in [6.07, 6.45) is 6.12. The summed E-state index contributed by atoms with van der Waals surface area (Å²) in [5.74, 6) is -1.79. The van der Waals surface area contributed by atoms with E-state index in [0.717, 1.165) is 29.4 Å². The second-order valence-corrected chi connectivity index (χ2v) is 8.19. The topological polar surface area (TPSA) is 60.0 Å². The normalized spacial score (nSPS) is 24.9. The molecule has 0 spiro atoms. The number of ether oxygens (including phenoxy) is 2. The molecule has 1 N–H and O–H groups in total. The number of halogens is 3. The zero-order valence-electron chi connectivity index (χ0n) is 16.2. The van der Waals surface area contributed by atoms with Crippen LogP contribution in [0.15, 0.2) is 36.8 Å². The maximum absolute atomic E-state index is 13.2. The van der Waals surface area contributed by atoms with Gasteiger partial charge in [0.25, 0.3) is 0 Å². The van der Waals surface area contributed by atoms with Crippen LogP contribution in [0, 0.1) is 17.6 Å². The Morgan fingerprint density at radius 2 is 1.97 bits per heavy atom. The van der Waals surface area contributed by atoms with Gasteiger partial charge in [0.05, 0.1) is 17.6 Å². The van der Waals surface area contributed by atoms with Gasteiger partial charge in [0, 0.05) is 6.20 Å². The molecule has 1 saturated heterocycles. The van der Waals surface area contributed by atoms with Gasteiger partial charge in [-0.25, -0.2) is 18.7 Å². The van der Waals surface area contributed by atoms with Crippen molar-refractivity contribution >= 4 is 22.6 Å². The van der Waals surface area contributed by atoms with Crippen molar-refractivity contribution in [3.8, 4) is 0 Å². The Bertz CT molecular complexity index is 1010. The summed E-state index contributed by atoms with van der Waals surface area (Å²) in [6, 6.07) is 5.96. The molecule has 5 rings (SSSR count). The number of benzene rings is 1. The lowest BCUT2D eigenvalue weighted by atomic mass is 9.96. The Balaban J connectivity index is 0.000000171. The van der Waals surface area contributed by atoms with E-state index in [2.05, 4.69) is 15.0 Å². The fraction of sp³-hybridized carbons (Fsp3) is 0.429. The van der Waals surface area contributed by atoms with Gasteiger partial charge in [-0.2, -0.15) is 0 Å². The first-order chi connectivity index (χ1) is 13.8. The third-order valence-corrected chi connectivity index (χ3v) is 5.60. The molecule has 154 valence electrons. The summed E-state index contributed by atoms with van der Waals surface area (Å²) < 4.78 is 37.9. The van der Waals surface area contributed by atoms with E-state index in [-0.39, 0.29) is 12.2 Å². The summed E-state index contributed by atoms with van der Waals surface area (Å²) in [6.45, 7) is 3.83. The second-order valence-electron chi connectivity index (χ2n) is 7.83. The molecule has 3 aromatic rings. The minimum atomic E-state index is -0.797. The number of hydrogen-bond acceptors (Lipinski definition) is 4. The number of rotatable bonds is 2. The predicted octanol–water partition coefficient (Wildman–Crippen LogP) is 5.05. The Morgan fingerprint density at radius 3 is 2.72 bits per heavy atom. The smallest absolute Gasteiger partial charge is 0.163 e. The largest absolute Gasteiger partial charge is 0.346 e. The van der Waals surface area contributed by atoms with E-state index in [9.17, 15) is 8.78 Å². The van der Waals surface area contributed by atoms with E-state index in [1.54, 1.807) is 12.3 Å². The van der Waals surface area contributed by atoms with Crippen molar-refractivity contribution in [3.63, 3.8) is 0 Å². The summed E-state index contributed by atoms with van der Waals surface area (Å²) in [4.78, 5) is 10.7. The van der Waals surface area contributed by atoms with Crippen LogP contribution in [0.3, 0.4) is 0 Å². The Hall–Kier alpha value is -2.09. The molecule has 3 heterocycles. The average Bonchev–Trinajstić information content (AvgIpc) is 3.35. The fourth-order valence-corrected chi connectivity index (χ4v) is 4.25. The fourth-order valence-electron chi connectivity index (χ4n) is 4.06. The SMILES string of the molecule is CC1(C)OC2CCC(Cc3ccc(F)c(F)c3)C2O1.Clc1ncnc2[nH]ccc12. The van der Waals surface area contributed by atoms with E-state index >= 15 is 0 Å². The van der Waals surface area contributed by atoms with Crippen LogP contribution in [0.25, 0.3) is 11.0 Å². The maximum Gasteiger partial charge on any atom is 0.163 e. The first-order valence-corrected chi connectivity index (χ1v) is 9.93. The number of fused-ring (bicyclic) bond motifs is 2. The predicted molar refractivity (Wildman–Crippen MR) is 106 cm³/mol. The second kappa shape index (κ2) is 7.97. The van der Waals surface area contributed by atoms with Gasteiger partial charge in [-0.3, -0.25) is 0 Å². The average molecular weight is 422 g/mol. The number of hydrogen-bond donors (Lipinski definition) is 1. The molecule has 1 aliphatic heterocycles. The molecule has 0 radical (unpaired) electrons. The Labute approximate surface area is 172 Å². The van der Waals surface area contributed by atoms with Crippen LogP contribution in [0.2, 0.25) is 5.15 Å². The molecule has 2 aliphatic rings. The Morgan fingerprint density at radius 1 is 1.14 bits per heavy atom. The summed E-state index contributed by atoms with van der Waals surface area (Å²) >= 11 is 5.73. The van der Waals surface area contributed by atoms with Crippen LogP contribution in [-0.4, -0.2) is 32.9 Å². The van der Waals surface area contributed by atoms with Crippen LogP contribution in [0.4, 0.5) is 8.78 Å². The van der Waals surface area contributed by atoms with Crippen LogP contribution in [0.1, 0.15) is 32.3 Å². The van der Waals surface area contributed by atoms with Gasteiger partial charge < -0.3 is 14.5 Å². The van der Waals surface area contributed by atoms with Crippen LogP contribution < -0.4 is 0 Å². The lowest BCUT2D eigenvalue weighted by Gasteiger charge is -2.21. The number of H-pyrrole nitrogens is 1. The third-order valence-electron chi connectivity index (χ3n) is 5.30. The Kier molecular flexibility index (Phi) is 5.55. The highest BCUT2D eigenvalue weighted by Gasteiger charge is 2.48. The van der Waals surface area contributed by atoms with Gasteiger partial charge in [-0.1, -0.05) is 17.7 Å². The maximum atomic E-state index is 13.2. The summed E-state index contributed by atoms with van der Waals surface area (Å²) in [7, 11) is 0. The molecule has 3 atom stereocenters. The van der Waals surface area contributed by atoms with Crippen LogP contribution in [0.5, 0.6) is 0 Å². The quantitative estimate of drug-likeness (QED) is 0.588. The highest BCUT2D eigenvalue weighted by Crippen LogP contribution is 2.42. The van der Waals surface area contributed by atoms with Gasteiger partial charge in [0.15, 0.2) is 17.4 Å². The molecule has 2 aromatic heterocycles. The highest BCUT2D eigenvalue weighted by molar-refractivity contribution is 6.33. The van der Waals surface area contributed by atoms with Crippen molar-refractivity contribution in [2.45, 2.75) is 51.1 Å². The molecule has 29 heavy (non-hydrogen) atoms. The van der Waals surface area contributed by atoms with Crippen LogP contribution >= 0.6 is 11.6 Å². The summed E-state index contributed by atoms with van der Waals surface area (Å²) in [5.41, 5.74) is 1.60. The lowest BCUT2D eigenvalue weighted by Crippen LogP contribution is -2.26. The van der Waals surface area contributed by atoms with Crippen molar-refractivity contribution in [1.82, 2.24) is 15.0 Å². The minimum Gasteiger partial charge on any atom is -0.346 e. The first-order valence-electron chi connectivity index (χ1n) is 9.55. The zero-order valence-corrected chi connectivity index (χ0v) is 16.9. The van der Waals surface area contributed by atoms with E-state index in [0.29, 0.717) is 17.5 Å².